The first-order chi connectivity index (χ1) is 14.3. The summed E-state index contributed by atoms with van der Waals surface area (Å²) in [6.45, 7) is 1.70. The van der Waals surface area contributed by atoms with Crippen molar-refractivity contribution in [3.05, 3.63) is 76.6 Å². The molecule has 0 saturated heterocycles. The van der Waals surface area contributed by atoms with E-state index in [4.69, 9.17) is 16.3 Å². The highest BCUT2D eigenvalue weighted by atomic mass is 35.5. The van der Waals surface area contributed by atoms with Crippen LogP contribution in [0.1, 0.15) is 18.5 Å². The van der Waals surface area contributed by atoms with Gasteiger partial charge >= 0.3 is 0 Å². The molecule has 0 fully saturated rings. The molecule has 6 nitrogen and oxygen atoms in total. The fourth-order valence-corrected chi connectivity index (χ4v) is 5.28. The van der Waals surface area contributed by atoms with Gasteiger partial charge in [-0.3, -0.25) is 9.10 Å². The number of benzene rings is 2. The molecule has 0 spiro atoms. The van der Waals surface area contributed by atoms with Crippen LogP contribution in [0.25, 0.3) is 0 Å². The Morgan fingerprint density at radius 1 is 1.17 bits per heavy atom. The van der Waals surface area contributed by atoms with Gasteiger partial charge in [0.15, 0.2) is 6.61 Å². The summed E-state index contributed by atoms with van der Waals surface area (Å²) in [5, 5.41) is 5.18. The third kappa shape index (κ3) is 5.33. The molecule has 0 saturated carbocycles. The summed E-state index contributed by atoms with van der Waals surface area (Å²) in [4.78, 5) is 12.2. The monoisotopic (exact) mass is 464 g/mol. The number of carbonyl (C=O) groups is 1. The van der Waals surface area contributed by atoms with Crippen LogP contribution in [0.4, 0.5) is 5.69 Å². The number of amides is 1. The molecule has 9 heteroatoms. The summed E-state index contributed by atoms with van der Waals surface area (Å²) >= 11 is 7.15. The Bertz CT molecular complexity index is 1100. The van der Waals surface area contributed by atoms with Crippen molar-refractivity contribution < 1.29 is 17.9 Å². The van der Waals surface area contributed by atoms with Gasteiger partial charge in [0.1, 0.15) is 9.96 Å². The fourth-order valence-electron chi connectivity index (χ4n) is 2.73. The molecule has 1 atom stereocenters. The molecule has 0 aliphatic rings. The Morgan fingerprint density at radius 2 is 1.90 bits per heavy atom. The maximum absolute atomic E-state index is 12.6. The van der Waals surface area contributed by atoms with E-state index in [9.17, 15) is 13.2 Å². The largest absolute Gasteiger partial charge is 0.484 e. The highest BCUT2D eigenvalue weighted by Crippen LogP contribution is 2.26. The van der Waals surface area contributed by atoms with Crippen molar-refractivity contribution in [1.29, 1.82) is 0 Å². The van der Waals surface area contributed by atoms with Crippen LogP contribution in [0.3, 0.4) is 0 Å². The maximum Gasteiger partial charge on any atom is 0.273 e. The number of thiophene rings is 1. The number of ether oxygens (including phenoxy) is 1. The fraction of sp³-hybridized carbons (Fsp3) is 0.190. The van der Waals surface area contributed by atoms with Crippen molar-refractivity contribution in [2.45, 2.75) is 17.2 Å². The Labute approximate surface area is 185 Å². The van der Waals surface area contributed by atoms with Gasteiger partial charge in [0.2, 0.25) is 0 Å². The minimum atomic E-state index is -3.59. The molecule has 0 aliphatic carbocycles. The molecule has 0 radical (unpaired) electrons. The first-order valence-corrected chi connectivity index (χ1v) is 11.8. The second kappa shape index (κ2) is 9.51. The number of nitrogens with zero attached hydrogens (tertiary/aromatic N) is 1. The van der Waals surface area contributed by atoms with Crippen LogP contribution in [0, 0.1) is 0 Å². The minimum absolute atomic E-state index is 0.159. The van der Waals surface area contributed by atoms with E-state index in [0.29, 0.717) is 16.5 Å². The van der Waals surface area contributed by atoms with Gasteiger partial charge in [-0.1, -0.05) is 29.8 Å². The number of hydrogen-bond donors (Lipinski definition) is 1. The van der Waals surface area contributed by atoms with Crippen LogP contribution in [0.15, 0.2) is 70.3 Å². The van der Waals surface area contributed by atoms with Gasteiger partial charge in [-0.25, -0.2) is 8.42 Å². The lowest BCUT2D eigenvalue weighted by Crippen LogP contribution is -2.31. The highest BCUT2D eigenvalue weighted by Gasteiger charge is 2.22. The SMILES string of the molecule is CC(NC(=O)COc1ccc(N(C)S(=O)(=O)c2cccs2)cc1)c1cccc(Cl)c1. The molecule has 0 aliphatic heterocycles. The predicted octanol–water partition coefficient (Wildman–Crippen LogP) is 4.48. The molecule has 30 heavy (non-hydrogen) atoms. The smallest absolute Gasteiger partial charge is 0.273 e. The maximum atomic E-state index is 12.6. The Morgan fingerprint density at radius 3 is 2.53 bits per heavy atom. The van der Waals surface area contributed by atoms with Crippen molar-refractivity contribution in [1.82, 2.24) is 5.32 Å². The van der Waals surface area contributed by atoms with E-state index in [2.05, 4.69) is 5.32 Å². The van der Waals surface area contributed by atoms with E-state index in [1.165, 1.54) is 22.7 Å². The van der Waals surface area contributed by atoms with Crippen molar-refractivity contribution in [3.8, 4) is 5.75 Å². The summed E-state index contributed by atoms with van der Waals surface area (Å²) in [6, 6.07) is 16.9. The van der Waals surface area contributed by atoms with Gasteiger partial charge < -0.3 is 10.1 Å². The number of sulfonamides is 1. The lowest BCUT2D eigenvalue weighted by Gasteiger charge is -2.19. The number of halogens is 1. The summed E-state index contributed by atoms with van der Waals surface area (Å²) < 4.78 is 32.2. The zero-order valence-electron chi connectivity index (χ0n) is 16.4. The molecule has 2 aromatic carbocycles. The number of anilines is 1. The number of carbonyl (C=O) groups excluding carboxylic acids is 1. The van der Waals surface area contributed by atoms with Crippen LogP contribution in [-0.2, 0) is 14.8 Å². The molecule has 3 aromatic rings. The molecule has 3 rings (SSSR count). The zero-order valence-corrected chi connectivity index (χ0v) is 18.8. The number of hydrogen-bond acceptors (Lipinski definition) is 5. The average molecular weight is 465 g/mol. The molecular weight excluding hydrogens is 444 g/mol. The molecule has 158 valence electrons. The van der Waals surface area contributed by atoms with Gasteiger partial charge in [0.25, 0.3) is 15.9 Å². The van der Waals surface area contributed by atoms with Crippen LogP contribution < -0.4 is 14.4 Å². The van der Waals surface area contributed by atoms with Crippen LogP contribution in [0.5, 0.6) is 5.75 Å². The van der Waals surface area contributed by atoms with Crippen molar-refractivity contribution >= 4 is 44.6 Å². The van der Waals surface area contributed by atoms with Crippen molar-refractivity contribution in [2.24, 2.45) is 0 Å². The molecule has 1 N–H and O–H groups in total. The number of rotatable bonds is 8. The van der Waals surface area contributed by atoms with Crippen LogP contribution in [-0.4, -0.2) is 28.0 Å². The highest BCUT2D eigenvalue weighted by molar-refractivity contribution is 7.94. The molecule has 0 bridgehead atoms. The van der Waals surface area contributed by atoms with Gasteiger partial charge in [0.05, 0.1) is 11.7 Å². The third-order valence-electron chi connectivity index (χ3n) is 4.41. The second-order valence-electron chi connectivity index (χ2n) is 6.53. The van der Waals surface area contributed by atoms with E-state index in [1.807, 2.05) is 19.1 Å². The molecule has 1 aromatic heterocycles. The van der Waals surface area contributed by atoms with E-state index >= 15 is 0 Å². The lowest BCUT2D eigenvalue weighted by molar-refractivity contribution is -0.123. The minimum Gasteiger partial charge on any atom is -0.484 e. The molecule has 1 amide bonds. The standard InChI is InChI=1S/C21H21ClN2O4S2/c1-15(16-5-3-6-17(22)13-16)23-20(25)14-28-19-10-8-18(9-11-19)24(2)30(26,27)21-7-4-12-29-21/h3-13,15H,14H2,1-2H3,(H,23,25). The average Bonchev–Trinajstić information content (AvgIpc) is 3.28. The molecule has 1 heterocycles. The normalized spacial score (nSPS) is 12.2. The van der Waals surface area contributed by atoms with Crippen LogP contribution in [0.2, 0.25) is 5.02 Å². The Balaban J connectivity index is 1.56. The lowest BCUT2D eigenvalue weighted by atomic mass is 10.1. The van der Waals surface area contributed by atoms with E-state index in [1.54, 1.807) is 53.9 Å². The van der Waals surface area contributed by atoms with Crippen molar-refractivity contribution in [3.63, 3.8) is 0 Å². The Kier molecular flexibility index (Phi) is 7.02. The van der Waals surface area contributed by atoms with Gasteiger partial charge in [-0.05, 0) is 60.3 Å². The summed E-state index contributed by atoms with van der Waals surface area (Å²) in [5.74, 6) is 0.190. The van der Waals surface area contributed by atoms with Gasteiger partial charge in [-0.2, -0.15) is 0 Å². The van der Waals surface area contributed by atoms with Gasteiger partial charge in [-0.15, -0.1) is 11.3 Å². The van der Waals surface area contributed by atoms with Gasteiger partial charge in [0, 0.05) is 12.1 Å². The first-order valence-electron chi connectivity index (χ1n) is 9.07. The van der Waals surface area contributed by atoms with E-state index in [-0.39, 0.29) is 22.8 Å². The van der Waals surface area contributed by atoms with Crippen molar-refractivity contribution in [2.75, 3.05) is 18.0 Å². The second-order valence-corrected chi connectivity index (χ2v) is 10.1. The third-order valence-corrected chi connectivity index (χ3v) is 7.80. The topological polar surface area (TPSA) is 75.7 Å². The summed E-state index contributed by atoms with van der Waals surface area (Å²) in [5.41, 5.74) is 1.39. The van der Waals surface area contributed by atoms with Crippen LogP contribution >= 0.6 is 22.9 Å². The summed E-state index contributed by atoms with van der Waals surface area (Å²) in [7, 11) is -2.10. The summed E-state index contributed by atoms with van der Waals surface area (Å²) in [6.07, 6.45) is 0. The van der Waals surface area contributed by atoms with E-state index in [0.717, 1.165) is 5.56 Å². The zero-order chi connectivity index (χ0) is 21.7. The quantitative estimate of drug-likeness (QED) is 0.533. The molecular formula is C21H21ClN2O4S2. The predicted molar refractivity (Wildman–Crippen MR) is 120 cm³/mol. The first kappa shape index (κ1) is 22.1. The Hall–Kier alpha value is -2.55. The van der Waals surface area contributed by atoms with E-state index < -0.39 is 10.0 Å². The number of nitrogens with one attached hydrogen (secondary N) is 1. The molecule has 1 unspecified atom stereocenters.